The zero-order chi connectivity index (χ0) is 20.4. The van der Waals surface area contributed by atoms with Crippen molar-refractivity contribution in [1.29, 1.82) is 0 Å². The van der Waals surface area contributed by atoms with E-state index in [0.29, 0.717) is 6.41 Å². The van der Waals surface area contributed by atoms with E-state index in [4.69, 9.17) is 4.74 Å². The van der Waals surface area contributed by atoms with Gasteiger partial charge in [-0.15, -0.1) is 11.8 Å². The Kier molecular flexibility index (Phi) is 5.29. The van der Waals surface area contributed by atoms with E-state index in [2.05, 4.69) is 5.32 Å². The Labute approximate surface area is 172 Å². The lowest BCUT2D eigenvalue weighted by Gasteiger charge is -2.52. The van der Waals surface area contributed by atoms with Crippen LogP contribution in [0.5, 0.6) is 0 Å². The number of rotatable bonds is 6. The highest BCUT2D eigenvalue weighted by Gasteiger charge is 2.57. The van der Waals surface area contributed by atoms with Gasteiger partial charge in [0.15, 0.2) is 11.7 Å². The number of β-lactam (4-membered cyclic amide) rings is 1. The Hall–Kier alpha value is -2.84. The summed E-state index contributed by atoms with van der Waals surface area (Å²) in [4.78, 5) is 37.2. The predicted molar refractivity (Wildman–Crippen MR) is 107 cm³/mol. The summed E-state index contributed by atoms with van der Waals surface area (Å²) < 4.78 is 5.77. The molecule has 150 valence electrons. The first-order valence-corrected chi connectivity index (χ1v) is 10.2. The van der Waals surface area contributed by atoms with Crippen LogP contribution in [0.3, 0.4) is 0 Å². The smallest absolute Gasteiger partial charge is 0.341 e. The van der Waals surface area contributed by atoms with Crippen molar-refractivity contribution in [3.63, 3.8) is 0 Å². The van der Waals surface area contributed by atoms with E-state index in [0.717, 1.165) is 11.1 Å². The van der Waals surface area contributed by atoms with Crippen LogP contribution in [0, 0.1) is 0 Å². The number of benzene rings is 2. The Morgan fingerprint density at radius 3 is 2.31 bits per heavy atom. The van der Waals surface area contributed by atoms with E-state index in [1.165, 1.54) is 16.7 Å². The molecule has 2 amide bonds. The molecule has 2 N–H and O–H groups in total. The van der Waals surface area contributed by atoms with Gasteiger partial charge in [-0.3, -0.25) is 9.59 Å². The minimum Gasteiger partial charge on any atom is -0.450 e. The number of hydrogen-bond acceptors (Lipinski definition) is 6. The topological polar surface area (TPSA) is 95.9 Å². The monoisotopic (exact) mass is 412 g/mol. The fraction of sp³-hybridized carbons (Fsp3) is 0.286. The van der Waals surface area contributed by atoms with Crippen molar-refractivity contribution in [2.24, 2.45) is 0 Å². The van der Waals surface area contributed by atoms with Crippen molar-refractivity contribution >= 4 is 30.0 Å². The van der Waals surface area contributed by atoms with E-state index in [9.17, 15) is 19.5 Å². The van der Waals surface area contributed by atoms with E-state index >= 15 is 0 Å². The summed E-state index contributed by atoms with van der Waals surface area (Å²) in [7, 11) is 0. The third kappa shape index (κ3) is 3.61. The van der Waals surface area contributed by atoms with Crippen molar-refractivity contribution in [2.75, 3.05) is 12.3 Å². The standard InChI is InChI=1S/C21H20N2O5S/c24-13-22-16-18(25)23-11-21(27,12-29-19(16)23)20(26)28-17(14-7-3-1-4-8-14)15-9-5-2-6-10-15/h1-10,13,16-17,19,27H,11-12H2,(H,22,24)/t16?,19-,21?/m1/s1. The summed E-state index contributed by atoms with van der Waals surface area (Å²) >= 11 is 1.25. The number of hydrogen-bond donors (Lipinski definition) is 2. The Bertz CT molecular complexity index is 870. The van der Waals surface area contributed by atoms with Crippen LogP contribution in [0.1, 0.15) is 17.2 Å². The van der Waals surface area contributed by atoms with E-state index < -0.39 is 23.7 Å². The first kappa shape index (κ1) is 19.5. The molecule has 29 heavy (non-hydrogen) atoms. The molecule has 2 fully saturated rings. The number of esters is 1. The summed E-state index contributed by atoms with van der Waals surface area (Å²) in [6.45, 7) is -0.157. The fourth-order valence-corrected chi connectivity index (χ4v) is 4.98. The molecule has 0 aliphatic carbocycles. The first-order valence-electron chi connectivity index (χ1n) is 9.18. The highest BCUT2D eigenvalue weighted by Crippen LogP contribution is 2.39. The third-order valence-corrected chi connectivity index (χ3v) is 6.64. The van der Waals surface area contributed by atoms with Crippen LogP contribution in [0.4, 0.5) is 0 Å². The van der Waals surface area contributed by atoms with Crippen molar-refractivity contribution in [3.05, 3.63) is 71.8 Å². The number of carbonyl (C=O) groups is 3. The van der Waals surface area contributed by atoms with Gasteiger partial charge in [0.05, 0.1) is 6.54 Å². The molecule has 0 aromatic heterocycles. The van der Waals surface area contributed by atoms with Gasteiger partial charge in [-0.05, 0) is 11.1 Å². The minimum absolute atomic E-state index is 0.0770. The number of amides is 2. The average Bonchev–Trinajstić information content (AvgIpc) is 2.77. The molecule has 2 aliphatic rings. The number of aliphatic hydroxyl groups is 1. The zero-order valence-corrected chi connectivity index (χ0v) is 16.2. The molecule has 7 nitrogen and oxygen atoms in total. The molecule has 0 saturated carbocycles. The second kappa shape index (κ2) is 7.88. The van der Waals surface area contributed by atoms with Crippen LogP contribution in [0.25, 0.3) is 0 Å². The molecule has 2 aromatic carbocycles. The molecule has 2 heterocycles. The minimum atomic E-state index is -1.81. The van der Waals surface area contributed by atoms with E-state index in [1.54, 1.807) is 0 Å². The number of ether oxygens (including phenoxy) is 1. The predicted octanol–water partition coefficient (Wildman–Crippen LogP) is 1.08. The summed E-state index contributed by atoms with van der Waals surface area (Å²) in [5.41, 5.74) is -0.246. The number of fused-ring (bicyclic) bond motifs is 1. The van der Waals surface area contributed by atoms with Crippen molar-refractivity contribution in [2.45, 2.75) is 23.1 Å². The maximum atomic E-state index is 13.0. The Morgan fingerprint density at radius 1 is 1.17 bits per heavy atom. The average molecular weight is 412 g/mol. The quantitative estimate of drug-likeness (QED) is 0.419. The maximum Gasteiger partial charge on any atom is 0.341 e. The molecule has 2 aliphatic heterocycles. The lowest BCUT2D eigenvalue weighted by molar-refractivity contribution is -0.175. The molecule has 8 heteroatoms. The summed E-state index contributed by atoms with van der Waals surface area (Å²) in [5, 5.41) is 13.2. The summed E-state index contributed by atoms with van der Waals surface area (Å²) in [6, 6.07) is 18.0. The fourth-order valence-electron chi connectivity index (χ4n) is 3.58. The Balaban J connectivity index is 1.52. The van der Waals surface area contributed by atoms with Crippen LogP contribution in [0.2, 0.25) is 0 Å². The normalized spacial score (nSPS) is 25.7. The zero-order valence-electron chi connectivity index (χ0n) is 15.4. The highest BCUT2D eigenvalue weighted by atomic mass is 32.2. The van der Waals surface area contributed by atoms with Gasteiger partial charge in [0.1, 0.15) is 11.4 Å². The number of thioether (sulfide) groups is 1. The molecule has 2 unspecified atom stereocenters. The first-order chi connectivity index (χ1) is 14.0. The molecular formula is C21H20N2O5S. The second-order valence-electron chi connectivity index (χ2n) is 7.07. The largest absolute Gasteiger partial charge is 0.450 e. The molecule has 0 radical (unpaired) electrons. The van der Waals surface area contributed by atoms with Crippen LogP contribution in [-0.4, -0.2) is 57.6 Å². The number of carbonyl (C=O) groups excluding carboxylic acids is 3. The van der Waals surface area contributed by atoms with Gasteiger partial charge >= 0.3 is 5.97 Å². The van der Waals surface area contributed by atoms with Crippen LogP contribution in [-0.2, 0) is 19.1 Å². The van der Waals surface area contributed by atoms with Crippen molar-refractivity contribution in [3.8, 4) is 0 Å². The summed E-state index contributed by atoms with van der Waals surface area (Å²) in [6.07, 6.45) is -0.187. The lowest BCUT2D eigenvalue weighted by atomic mass is 9.98. The van der Waals surface area contributed by atoms with Crippen LogP contribution < -0.4 is 5.32 Å². The second-order valence-corrected chi connectivity index (χ2v) is 8.17. The Morgan fingerprint density at radius 2 is 1.76 bits per heavy atom. The van der Waals surface area contributed by atoms with Gasteiger partial charge in [-0.25, -0.2) is 4.79 Å². The molecule has 0 bridgehead atoms. The van der Waals surface area contributed by atoms with E-state index in [-0.39, 0.29) is 23.6 Å². The molecule has 0 spiro atoms. The molecular weight excluding hydrogens is 392 g/mol. The number of nitrogens with one attached hydrogen (secondary N) is 1. The maximum absolute atomic E-state index is 13.0. The summed E-state index contributed by atoms with van der Waals surface area (Å²) in [5.74, 6) is -1.02. The van der Waals surface area contributed by atoms with E-state index in [1.807, 2.05) is 60.7 Å². The molecule has 2 aromatic rings. The van der Waals surface area contributed by atoms with Gasteiger partial charge in [0, 0.05) is 5.75 Å². The number of nitrogens with zero attached hydrogens (tertiary/aromatic N) is 1. The highest BCUT2D eigenvalue weighted by molar-refractivity contribution is 8.00. The molecule has 4 rings (SSSR count). The van der Waals surface area contributed by atoms with Crippen LogP contribution >= 0.6 is 11.8 Å². The van der Waals surface area contributed by atoms with Gasteiger partial charge in [0.2, 0.25) is 12.3 Å². The molecule has 2 saturated heterocycles. The van der Waals surface area contributed by atoms with Gasteiger partial charge in [-0.2, -0.15) is 0 Å². The van der Waals surface area contributed by atoms with Crippen molar-refractivity contribution in [1.82, 2.24) is 10.2 Å². The van der Waals surface area contributed by atoms with Crippen molar-refractivity contribution < 1.29 is 24.2 Å². The van der Waals surface area contributed by atoms with Gasteiger partial charge < -0.3 is 20.1 Å². The van der Waals surface area contributed by atoms with Gasteiger partial charge in [-0.1, -0.05) is 60.7 Å². The lowest BCUT2D eigenvalue weighted by Crippen LogP contribution is -2.74. The van der Waals surface area contributed by atoms with Gasteiger partial charge in [0.25, 0.3) is 0 Å². The third-order valence-electron chi connectivity index (χ3n) is 5.12. The van der Waals surface area contributed by atoms with Crippen LogP contribution in [0.15, 0.2) is 60.7 Å². The molecule has 3 atom stereocenters. The SMILES string of the molecule is O=CNC1C(=O)N2CC(O)(C(=O)OC(c3ccccc3)c3ccccc3)CS[C@H]12.